The lowest BCUT2D eigenvalue weighted by Gasteiger charge is -2.27. The monoisotopic (exact) mass is 314 g/mol. The molecule has 0 saturated heterocycles. The van der Waals surface area contributed by atoms with Crippen molar-refractivity contribution < 1.29 is 19.1 Å². The first-order valence-corrected chi connectivity index (χ1v) is 7.18. The molecule has 0 unspecified atom stereocenters. The number of hydrogen-bond acceptors (Lipinski definition) is 6. The van der Waals surface area contributed by atoms with E-state index in [4.69, 9.17) is 21.1 Å². The van der Waals surface area contributed by atoms with Gasteiger partial charge in [0.2, 0.25) is 0 Å². The highest BCUT2D eigenvalue weighted by atomic mass is 35.5. The normalized spacial score (nSPS) is 11.0. The van der Waals surface area contributed by atoms with E-state index in [0.717, 1.165) is 0 Å². The summed E-state index contributed by atoms with van der Waals surface area (Å²) in [5, 5.41) is 0.244. The highest BCUT2D eigenvalue weighted by molar-refractivity contribution is 6.29. The Bertz CT molecular complexity index is 472. The van der Waals surface area contributed by atoms with E-state index in [2.05, 4.69) is 9.97 Å². The second-order valence-corrected chi connectivity index (χ2v) is 4.77. The summed E-state index contributed by atoms with van der Waals surface area (Å²) in [5.74, 6) is -1.22. The van der Waals surface area contributed by atoms with E-state index >= 15 is 0 Å². The van der Waals surface area contributed by atoms with Crippen LogP contribution in [0.15, 0.2) is 12.4 Å². The number of nitrogens with zero attached hydrogens (tertiary/aromatic N) is 2. The van der Waals surface area contributed by atoms with Crippen molar-refractivity contribution in [3.63, 3.8) is 0 Å². The Kier molecular flexibility index (Phi) is 6.55. The number of carbonyl (C=O) groups is 2. The summed E-state index contributed by atoms with van der Waals surface area (Å²) in [6.45, 7) is 5.48. The van der Waals surface area contributed by atoms with Gasteiger partial charge in [0, 0.05) is 6.42 Å². The van der Waals surface area contributed by atoms with Crippen LogP contribution >= 0.6 is 11.6 Å². The first-order chi connectivity index (χ1) is 10.00. The molecule has 0 atom stereocenters. The second-order valence-electron chi connectivity index (χ2n) is 4.38. The molecule has 0 fully saturated rings. The van der Waals surface area contributed by atoms with E-state index in [1.54, 1.807) is 20.8 Å². The van der Waals surface area contributed by atoms with Crippen LogP contribution in [-0.2, 0) is 25.5 Å². The maximum atomic E-state index is 12.3. The lowest BCUT2D eigenvalue weighted by Crippen LogP contribution is -2.43. The van der Waals surface area contributed by atoms with Gasteiger partial charge < -0.3 is 9.47 Å². The zero-order valence-corrected chi connectivity index (χ0v) is 13.1. The fraction of sp³-hybridized carbons (Fsp3) is 0.571. The van der Waals surface area contributed by atoms with Crippen molar-refractivity contribution in [3.8, 4) is 0 Å². The third kappa shape index (κ3) is 4.14. The van der Waals surface area contributed by atoms with Gasteiger partial charge in [0.1, 0.15) is 5.15 Å². The Morgan fingerprint density at radius 2 is 1.67 bits per heavy atom. The topological polar surface area (TPSA) is 78.4 Å². The van der Waals surface area contributed by atoms with Crippen molar-refractivity contribution in [1.82, 2.24) is 9.97 Å². The number of halogens is 1. The van der Waals surface area contributed by atoms with Crippen LogP contribution in [-0.4, -0.2) is 35.1 Å². The summed E-state index contributed by atoms with van der Waals surface area (Å²) in [5.41, 5.74) is -0.934. The minimum Gasteiger partial charge on any atom is -0.465 e. The molecular weight excluding hydrogens is 296 g/mol. The number of ether oxygens (including phenoxy) is 2. The van der Waals surface area contributed by atoms with E-state index in [9.17, 15) is 9.59 Å². The van der Waals surface area contributed by atoms with Crippen molar-refractivity contribution in [3.05, 3.63) is 23.2 Å². The zero-order valence-electron chi connectivity index (χ0n) is 12.4. The lowest BCUT2D eigenvalue weighted by molar-refractivity contribution is -0.172. The van der Waals surface area contributed by atoms with Crippen LogP contribution in [0.4, 0.5) is 0 Å². The van der Waals surface area contributed by atoms with Crippen molar-refractivity contribution in [2.24, 2.45) is 5.41 Å². The minimum absolute atomic E-state index is 0.0608. The molecule has 1 aromatic heterocycles. The Morgan fingerprint density at radius 1 is 1.10 bits per heavy atom. The van der Waals surface area contributed by atoms with Gasteiger partial charge in [-0.2, -0.15) is 0 Å². The van der Waals surface area contributed by atoms with Crippen molar-refractivity contribution in [2.45, 2.75) is 33.6 Å². The molecule has 6 nitrogen and oxygen atoms in total. The number of carbonyl (C=O) groups excluding carboxylic acids is 2. The molecule has 21 heavy (non-hydrogen) atoms. The van der Waals surface area contributed by atoms with Crippen LogP contribution in [0.5, 0.6) is 0 Å². The van der Waals surface area contributed by atoms with Crippen molar-refractivity contribution >= 4 is 23.5 Å². The maximum Gasteiger partial charge on any atom is 0.323 e. The molecule has 1 aromatic rings. The number of esters is 2. The first kappa shape index (κ1) is 17.4. The molecule has 0 amide bonds. The lowest BCUT2D eigenvalue weighted by atomic mass is 9.80. The van der Waals surface area contributed by atoms with Crippen LogP contribution in [0.25, 0.3) is 0 Å². The zero-order chi connectivity index (χ0) is 15.9. The largest absolute Gasteiger partial charge is 0.465 e. The average molecular weight is 315 g/mol. The molecule has 116 valence electrons. The number of rotatable bonds is 7. The Balaban J connectivity index is 3.12. The third-order valence-corrected chi connectivity index (χ3v) is 3.29. The predicted molar refractivity (Wildman–Crippen MR) is 76.7 cm³/mol. The fourth-order valence-electron chi connectivity index (χ4n) is 1.92. The van der Waals surface area contributed by atoms with Crippen LogP contribution in [0, 0.1) is 5.41 Å². The molecular formula is C14H19ClN2O4. The van der Waals surface area contributed by atoms with Crippen molar-refractivity contribution in [1.29, 1.82) is 0 Å². The molecule has 0 aliphatic carbocycles. The highest BCUT2D eigenvalue weighted by Crippen LogP contribution is 2.30. The molecule has 0 bridgehead atoms. The summed E-state index contributed by atoms with van der Waals surface area (Å²) >= 11 is 5.68. The summed E-state index contributed by atoms with van der Waals surface area (Å²) in [6, 6.07) is 0. The first-order valence-electron chi connectivity index (χ1n) is 6.81. The SMILES string of the molecule is CCOC(=O)C(CC)(Cc1cnc(Cl)cn1)C(=O)OCC. The van der Waals surface area contributed by atoms with Gasteiger partial charge in [-0.15, -0.1) is 0 Å². The molecule has 1 heterocycles. The van der Waals surface area contributed by atoms with Crippen LogP contribution in [0.1, 0.15) is 32.9 Å². The van der Waals surface area contributed by atoms with E-state index in [1.165, 1.54) is 12.4 Å². The second kappa shape index (κ2) is 7.93. The van der Waals surface area contributed by atoms with E-state index in [0.29, 0.717) is 5.69 Å². The smallest absolute Gasteiger partial charge is 0.323 e. The summed E-state index contributed by atoms with van der Waals surface area (Å²) in [7, 11) is 0. The van der Waals surface area contributed by atoms with Gasteiger partial charge in [0.15, 0.2) is 5.41 Å². The van der Waals surface area contributed by atoms with Gasteiger partial charge in [0.25, 0.3) is 0 Å². The van der Waals surface area contributed by atoms with Crippen LogP contribution in [0.2, 0.25) is 5.15 Å². The molecule has 0 N–H and O–H groups in total. The summed E-state index contributed by atoms with van der Waals surface area (Å²) in [4.78, 5) is 32.6. The van der Waals surface area contributed by atoms with Gasteiger partial charge in [-0.05, 0) is 20.3 Å². The van der Waals surface area contributed by atoms with E-state index < -0.39 is 17.4 Å². The van der Waals surface area contributed by atoms with Crippen molar-refractivity contribution in [2.75, 3.05) is 13.2 Å². The summed E-state index contributed by atoms with van der Waals surface area (Å²) < 4.78 is 10.1. The number of hydrogen-bond donors (Lipinski definition) is 0. The molecule has 0 saturated carbocycles. The van der Waals surface area contributed by atoms with Gasteiger partial charge in [-0.1, -0.05) is 18.5 Å². The number of aromatic nitrogens is 2. The third-order valence-electron chi connectivity index (χ3n) is 3.09. The van der Waals surface area contributed by atoms with E-state index in [1.807, 2.05) is 0 Å². The molecule has 1 rings (SSSR count). The minimum atomic E-state index is -1.41. The predicted octanol–water partition coefficient (Wildman–Crippen LogP) is 2.20. The van der Waals surface area contributed by atoms with Gasteiger partial charge in [0.05, 0.1) is 31.3 Å². The molecule has 0 aliphatic heterocycles. The van der Waals surface area contributed by atoms with Gasteiger partial charge >= 0.3 is 11.9 Å². The Hall–Kier alpha value is -1.69. The molecule has 0 aliphatic rings. The van der Waals surface area contributed by atoms with Crippen LogP contribution in [0.3, 0.4) is 0 Å². The quantitative estimate of drug-likeness (QED) is 0.567. The van der Waals surface area contributed by atoms with Gasteiger partial charge in [-0.25, -0.2) is 4.98 Å². The standard InChI is InChI=1S/C14H19ClN2O4/c1-4-14(12(18)20-5-2,13(19)21-6-3)7-10-8-17-11(15)9-16-10/h8-9H,4-7H2,1-3H3. The average Bonchev–Trinajstić information content (AvgIpc) is 2.47. The van der Waals surface area contributed by atoms with Gasteiger partial charge in [-0.3, -0.25) is 14.6 Å². The van der Waals surface area contributed by atoms with E-state index in [-0.39, 0.29) is 31.2 Å². The van der Waals surface area contributed by atoms with Crippen LogP contribution < -0.4 is 0 Å². The molecule has 0 aromatic carbocycles. The summed E-state index contributed by atoms with van der Waals surface area (Å²) in [6.07, 6.45) is 3.11. The Morgan fingerprint density at radius 3 is 2.05 bits per heavy atom. The molecule has 0 radical (unpaired) electrons. The Labute approximate surface area is 128 Å². The maximum absolute atomic E-state index is 12.3. The molecule has 0 spiro atoms. The highest BCUT2D eigenvalue weighted by Gasteiger charge is 2.47. The molecule has 7 heteroatoms. The fourth-order valence-corrected chi connectivity index (χ4v) is 2.02.